The first kappa shape index (κ1) is 23.3. The van der Waals surface area contributed by atoms with Crippen LogP contribution in [0.4, 0.5) is 0 Å². The van der Waals surface area contributed by atoms with Crippen molar-refractivity contribution in [1.82, 2.24) is 10.6 Å². The summed E-state index contributed by atoms with van der Waals surface area (Å²) in [5, 5.41) is 7.18. The molecule has 0 aliphatic carbocycles. The van der Waals surface area contributed by atoms with Gasteiger partial charge in [0.25, 0.3) is 0 Å². The number of halogens is 1. The molecule has 0 bridgehead atoms. The summed E-state index contributed by atoms with van der Waals surface area (Å²) in [4.78, 5) is 4.84. The van der Waals surface area contributed by atoms with Crippen LogP contribution < -0.4 is 10.6 Å². The van der Waals surface area contributed by atoms with Crippen LogP contribution in [-0.4, -0.2) is 25.6 Å². The number of aliphatic imine (C=N–C) groups is 1. The topological polar surface area (TPSA) is 36.4 Å². The average Bonchev–Trinajstić information content (AvgIpc) is 2.77. The van der Waals surface area contributed by atoms with Crippen LogP contribution in [0, 0.1) is 0 Å². The summed E-state index contributed by atoms with van der Waals surface area (Å²) in [6, 6.07) is 21.6. The Morgan fingerprint density at radius 2 is 1.24 bits per heavy atom. The van der Waals surface area contributed by atoms with Crippen molar-refractivity contribution in [3.63, 3.8) is 0 Å². The van der Waals surface area contributed by atoms with Gasteiger partial charge in [-0.05, 0) is 24.0 Å². The molecule has 2 aromatic carbocycles. The van der Waals surface area contributed by atoms with Crippen molar-refractivity contribution >= 4 is 18.4 Å². The molecular formula is C25H36ClN3. The Balaban J connectivity index is 0.00000300. The number of nitrogens with zero attached hydrogens (tertiary/aromatic N) is 1. The van der Waals surface area contributed by atoms with Crippen molar-refractivity contribution in [3.05, 3.63) is 71.8 Å². The number of hydrogen-bond acceptors (Lipinski definition) is 3. The van der Waals surface area contributed by atoms with E-state index < -0.39 is 0 Å². The van der Waals surface area contributed by atoms with E-state index in [1.54, 1.807) is 0 Å². The Bertz CT molecular complexity index is 648. The molecule has 0 unspecified atom stereocenters. The monoisotopic (exact) mass is 413 g/mol. The van der Waals surface area contributed by atoms with Gasteiger partial charge >= 0.3 is 0 Å². The molecule has 2 N–H and O–H groups in total. The Labute approximate surface area is 182 Å². The summed E-state index contributed by atoms with van der Waals surface area (Å²) in [6.07, 6.45) is 10.5. The van der Waals surface area contributed by atoms with Crippen molar-refractivity contribution in [2.75, 3.05) is 19.6 Å². The van der Waals surface area contributed by atoms with Gasteiger partial charge in [-0.15, -0.1) is 12.4 Å². The third kappa shape index (κ3) is 8.49. The first-order valence-corrected chi connectivity index (χ1v) is 11.1. The zero-order valence-corrected chi connectivity index (χ0v) is 18.3. The summed E-state index contributed by atoms with van der Waals surface area (Å²) in [5.74, 6) is 1.28. The lowest BCUT2D eigenvalue weighted by atomic mass is 9.91. The van der Waals surface area contributed by atoms with Crippen LogP contribution in [0.3, 0.4) is 0 Å². The molecule has 0 saturated heterocycles. The number of nitrogens with one attached hydrogen (secondary N) is 2. The van der Waals surface area contributed by atoms with Crippen LogP contribution in [0.25, 0.3) is 0 Å². The molecule has 0 radical (unpaired) electrons. The van der Waals surface area contributed by atoms with Gasteiger partial charge < -0.3 is 10.6 Å². The van der Waals surface area contributed by atoms with Gasteiger partial charge in [0.15, 0.2) is 5.96 Å². The van der Waals surface area contributed by atoms with E-state index in [0.29, 0.717) is 5.92 Å². The van der Waals surface area contributed by atoms with Crippen molar-refractivity contribution < 1.29 is 0 Å². The van der Waals surface area contributed by atoms with E-state index in [1.807, 2.05) is 0 Å². The minimum Gasteiger partial charge on any atom is -0.356 e. The lowest BCUT2D eigenvalue weighted by molar-refractivity contribution is 0.571. The molecule has 0 amide bonds. The zero-order chi connectivity index (χ0) is 19.3. The molecule has 1 aliphatic rings. The number of rotatable bonds is 4. The normalized spacial score (nSPS) is 16.2. The second-order valence-corrected chi connectivity index (χ2v) is 7.74. The van der Waals surface area contributed by atoms with Gasteiger partial charge in [-0.3, -0.25) is 4.99 Å². The molecule has 158 valence electrons. The van der Waals surface area contributed by atoms with Crippen molar-refractivity contribution in [1.29, 1.82) is 0 Å². The van der Waals surface area contributed by atoms with Crippen LogP contribution in [0.2, 0.25) is 0 Å². The highest BCUT2D eigenvalue weighted by Crippen LogP contribution is 2.23. The molecule has 4 heteroatoms. The maximum atomic E-state index is 4.84. The second-order valence-electron chi connectivity index (χ2n) is 7.74. The quantitative estimate of drug-likeness (QED) is 0.653. The van der Waals surface area contributed by atoms with Gasteiger partial charge in [-0.25, -0.2) is 0 Å². The van der Waals surface area contributed by atoms with Gasteiger partial charge in [0, 0.05) is 25.6 Å². The Morgan fingerprint density at radius 1 is 0.724 bits per heavy atom. The second kappa shape index (κ2) is 14.1. The van der Waals surface area contributed by atoms with Crippen LogP contribution >= 0.6 is 12.4 Å². The number of benzene rings is 2. The first-order chi connectivity index (χ1) is 13.9. The summed E-state index contributed by atoms with van der Waals surface area (Å²) in [5.41, 5.74) is 2.68. The smallest absolute Gasteiger partial charge is 0.191 e. The van der Waals surface area contributed by atoms with E-state index in [4.69, 9.17) is 4.99 Å². The lowest BCUT2D eigenvalue weighted by Crippen LogP contribution is -2.40. The molecule has 0 atom stereocenters. The predicted molar refractivity (Wildman–Crippen MR) is 127 cm³/mol. The largest absolute Gasteiger partial charge is 0.356 e. The predicted octanol–water partition coefficient (Wildman–Crippen LogP) is 5.91. The highest BCUT2D eigenvalue weighted by Gasteiger charge is 2.14. The summed E-state index contributed by atoms with van der Waals surface area (Å²) < 4.78 is 0. The van der Waals surface area contributed by atoms with E-state index in [0.717, 1.165) is 25.6 Å². The van der Waals surface area contributed by atoms with E-state index in [9.17, 15) is 0 Å². The molecule has 1 heterocycles. The minimum absolute atomic E-state index is 0. The van der Waals surface area contributed by atoms with Gasteiger partial charge in [0.05, 0.1) is 0 Å². The highest BCUT2D eigenvalue weighted by atomic mass is 35.5. The standard InChI is InChI=1S/C25H35N3.ClH/c1-2-4-6-14-20-27-25(26-19-13-5-3-1)28-21-24(22-15-9-7-10-16-22)23-17-11-8-12-18-23;/h7-12,15-18,24H,1-6,13-14,19-21H2,(H2,26,27,28);1H. The molecule has 29 heavy (non-hydrogen) atoms. The molecule has 0 aromatic heterocycles. The molecule has 0 fully saturated rings. The molecular weight excluding hydrogens is 378 g/mol. The van der Waals surface area contributed by atoms with Gasteiger partial charge in [0.1, 0.15) is 0 Å². The first-order valence-electron chi connectivity index (χ1n) is 11.1. The zero-order valence-electron chi connectivity index (χ0n) is 17.5. The van der Waals surface area contributed by atoms with Gasteiger partial charge in [0.2, 0.25) is 0 Å². The number of guanidine groups is 1. The fourth-order valence-electron chi connectivity index (χ4n) is 3.87. The molecule has 3 rings (SSSR count). The third-order valence-corrected chi connectivity index (χ3v) is 5.52. The summed E-state index contributed by atoms with van der Waals surface area (Å²) in [6.45, 7) is 2.77. The third-order valence-electron chi connectivity index (χ3n) is 5.52. The maximum absolute atomic E-state index is 4.84. The van der Waals surface area contributed by atoms with Gasteiger partial charge in [-0.1, -0.05) is 99.2 Å². The van der Waals surface area contributed by atoms with Crippen LogP contribution in [-0.2, 0) is 0 Å². The van der Waals surface area contributed by atoms with E-state index >= 15 is 0 Å². The summed E-state index contributed by atoms with van der Waals surface area (Å²) >= 11 is 0. The SMILES string of the molecule is Cl.c1ccc(C(CNC2=NCCCCCCCCCCN2)c2ccccc2)cc1. The average molecular weight is 414 g/mol. The van der Waals surface area contributed by atoms with E-state index in [-0.39, 0.29) is 12.4 Å². The maximum Gasteiger partial charge on any atom is 0.191 e. The van der Waals surface area contributed by atoms with Gasteiger partial charge in [-0.2, -0.15) is 0 Å². The fourth-order valence-corrected chi connectivity index (χ4v) is 3.87. The molecule has 1 aliphatic heterocycles. The van der Waals surface area contributed by atoms with Crippen molar-refractivity contribution in [2.24, 2.45) is 4.99 Å². The fraction of sp³-hybridized carbons (Fsp3) is 0.480. The Hall–Kier alpha value is -2.00. The van der Waals surface area contributed by atoms with Crippen LogP contribution in [0.1, 0.15) is 68.4 Å². The van der Waals surface area contributed by atoms with Crippen LogP contribution in [0.5, 0.6) is 0 Å². The molecule has 2 aromatic rings. The minimum atomic E-state index is 0. The summed E-state index contributed by atoms with van der Waals surface area (Å²) in [7, 11) is 0. The Kier molecular flexibility index (Phi) is 11.3. The number of hydrogen-bond donors (Lipinski definition) is 2. The van der Waals surface area contributed by atoms with Crippen molar-refractivity contribution in [2.45, 2.75) is 57.3 Å². The molecule has 0 saturated carbocycles. The van der Waals surface area contributed by atoms with E-state index in [2.05, 4.69) is 71.3 Å². The van der Waals surface area contributed by atoms with E-state index in [1.165, 1.54) is 62.5 Å². The Morgan fingerprint density at radius 3 is 1.83 bits per heavy atom. The molecule has 0 spiro atoms. The van der Waals surface area contributed by atoms with Crippen LogP contribution in [0.15, 0.2) is 65.7 Å². The molecule has 3 nitrogen and oxygen atoms in total. The lowest BCUT2D eigenvalue weighted by Gasteiger charge is -2.21. The van der Waals surface area contributed by atoms with Crippen molar-refractivity contribution in [3.8, 4) is 0 Å². The highest BCUT2D eigenvalue weighted by molar-refractivity contribution is 5.85.